The fourth-order valence-electron chi connectivity index (χ4n) is 3.20. The smallest absolute Gasteiger partial charge is 0.254 e. The highest BCUT2D eigenvalue weighted by Crippen LogP contribution is 2.34. The van der Waals surface area contributed by atoms with Gasteiger partial charge in [-0.3, -0.25) is 4.79 Å². The molecule has 5 heteroatoms. The van der Waals surface area contributed by atoms with Gasteiger partial charge >= 0.3 is 0 Å². The topological polar surface area (TPSA) is 42.0 Å². The third kappa shape index (κ3) is 3.10. The molecule has 1 aromatic carbocycles. The number of ether oxygens (including phenoxy) is 2. The number of benzene rings is 1. The van der Waals surface area contributed by atoms with Crippen LogP contribution in [0.25, 0.3) is 0 Å². The van der Waals surface area contributed by atoms with E-state index in [2.05, 4.69) is 29.2 Å². The first kappa shape index (κ1) is 15.3. The molecule has 0 unspecified atom stereocenters. The van der Waals surface area contributed by atoms with E-state index in [1.807, 2.05) is 19.0 Å². The van der Waals surface area contributed by atoms with E-state index in [1.165, 1.54) is 5.56 Å². The summed E-state index contributed by atoms with van der Waals surface area (Å²) in [6, 6.07) is 8.59. The SMILES string of the molecule is CN(C)c1cccc([C@@H]2CCCN2C(=O)[C@@H]2COCCO2)c1. The van der Waals surface area contributed by atoms with Crippen molar-refractivity contribution in [3.63, 3.8) is 0 Å². The first-order valence-corrected chi connectivity index (χ1v) is 7.94. The van der Waals surface area contributed by atoms with Crippen LogP contribution >= 0.6 is 0 Å². The summed E-state index contributed by atoms with van der Waals surface area (Å²) in [7, 11) is 4.06. The Kier molecular flexibility index (Phi) is 4.64. The lowest BCUT2D eigenvalue weighted by molar-refractivity contribution is -0.158. The van der Waals surface area contributed by atoms with E-state index in [1.54, 1.807) is 0 Å². The first-order valence-electron chi connectivity index (χ1n) is 7.94. The van der Waals surface area contributed by atoms with Crippen molar-refractivity contribution in [2.24, 2.45) is 0 Å². The maximum absolute atomic E-state index is 12.7. The fraction of sp³-hybridized carbons (Fsp3) is 0.588. The van der Waals surface area contributed by atoms with Crippen molar-refractivity contribution >= 4 is 11.6 Å². The van der Waals surface area contributed by atoms with Crippen molar-refractivity contribution < 1.29 is 14.3 Å². The van der Waals surface area contributed by atoms with Crippen LogP contribution in [-0.4, -0.2) is 57.4 Å². The number of carbonyl (C=O) groups is 1. The molecular formula is C17H24N2O3. The van der Waals surface area contributed by atoms with Crippen molar-refractivity contribution in [3.8, 4) is 0 Å². The van der Waals surface area contributed by atoms with Crippen molar-refractivity contribution in [1.29, 1.82) is 0 Å². The molecule has 2 aliphatic heterocycles. The summed E-state index contributed by atoms with van der Waals surface area (Å²) in [5, 5.41) is 0. The highest BCUT2D eigenvalue weighted by molar-refractivity contribution is 5.82. The zero-order chi connectivity index (χ0) is 15.5. The molecule has 1 aromatic rings. The molecule has 0 saturated carbocycles. The molecule has 2 fully saturated rings. The van der Waals surface area contributed by atoms with Crippen LogP contribution in [0.3, 0.4) is 0 Å². The second kappa shape index (κ2) is 6.67. The predicted octanol–water partition coefficient (Wildman–Crippen LogP) is 1.83. The summed E-state index contributed by atoms with van der Waals surface area (Å²) in [5.41, 5.74) is 2.36. The predicted molar refractivity (Wildman–Crippen MR) is 85.0 cm³/mol. The van der Waals surface area contributed by atoms with E-state index in [0.29, 0.717) is 19.8 Å². The highest BCUT2D eigenvalue weighted by Gasteiger charge is 2.35. The maximum atomic E-state index is 12.7. The van der Waals surface area contributed by atoms with Crippen molar-refractivity contribution in [2.75, 3.05) is 45.4 Å². The average Bonchev–Trinajstić information content (AvgIpc) is 3.04. The Morgan fingerprint density at radius 3 is 2.91 bits per heavy atom. The molecule has 0 N–H and O–H groups in total. The lowest BCUT2D eigenvalue weighted by Gasteiger charge is -2.31. The largest absolute Gasteiger partial charge is 0.378 e. The van der Waals surface area contributed by atoms with Crippen LogP contribution < -0.4 is 4.90 Å². The van der Waals surface area contributed by atoms with Crippen LogP contribution in [0.1, 0.15) is 24.4 Å². The van der Waals surface area contributed by atoms with Crippen molar-refractivity contribution in [2.45, 2.75) is 25.0 Å². The molecule has 1 amide bonds. The monoisotopic (exact) mass is 304 g/mol. The standard InChI is InChI=1S/C17H24N2O3/c1-18(2)14-6-3-5-13(11-14)15-7-4-8-19(15)17(20)16-12-21-9-10-22-16/h3,5-6,11,15-16H,4,7-10,12H2,1-2H3/t15-,16-/m0/s1. The molecule has 2 atom stereocenters. The van der Waals surface area contributed by atoms with Crippen LogP contribution in [0.5, 0.6) is 0 Å². The molecule has 2 heterocycles. The lowest BCUT2D eigenvalue weighted by Crippen LogP contribution is -2.45. The molecule has 0 spiro atoms. The van der Waals surface area contributed by atoms with E-state index in [-0.39, 0.29) is 11.9 Å². The number of carbonyl (C=O) groups excluding carboxylic acids is 1. The summed E-state index contributed by atoms with van der Waals surface area (Å²) in [5.74, 6) is 0.0671. The number of hydrogen-bond donors (Lipinski definition) is 0. The normalized spacial score (nSPS) is 25.3. The van der Waals surface area contributed by atoms with Crippen LogP contribution in [-0.2, 0) is 14.3 Å². The van der Waals surface area contributed by atoms with Crippen molar-refractivity contribution in [3.05, 3.63) is 29.8 Å². The third-order valence-electron chi connectivity index (χ3n) is 4.40. The molecule has 2 saturated heterocycles. The quantitative estimate of drug-likeness (QED) is 0.854. The fourth-order valence-corrected chi connectivity index (χ4v) is 3.20. The molecule has 120 valence electrons. The van der Waals surface area contributed by atoms with Gasteiger partial charge in [-0.25, -0.2) is 0 Å². The molecule has 0 aliphatic carbocycles. The Morgan fingerprint density at radius 1 is 1.32 bits per heavy atom. The number of likely N-dealkylation sites (tertiary alicyclic amines) is 1. The van der Waals surface area contributed by atoms with Gasteiger partial charge in [-0.05, 0) is 30.5 Å². The van der Waals surface area contributed by atoms with Gasteiger partial charge < -0.3 is 19.3 Å². The number of nitrogens with zero attached hydrogens (tertiary/aromatic N) is 2. The Labute approximate surface area is 131 Å². The minimum absolute atomic E-state index is 0.0671. The van der Waals surface area contributed by atoms with Crippen LogP contribution in [0.15, 0.2) is 24.3 Å². The molecular weight excluding hydrogens is 280 g/mol. The molecule has 0 bridgehead atoms. The minimum Gasteiger partial charge on any atom is -0.378 e. The van der Waals surface area contributed by atoms with Gasteiger partial charge in [0, 0.05) is 26.3 Å². The number of rotatable bonds is 3. The van der Waals surface area contributed by atoms with Crippen LogP contribution in [0.4, 0.5) is 5.69 Å². The van der Waals surface area contributed by atoms with Crippen LogP contribution in [0, 0.1) is 0 Å². The van der Waals surface area contributed by atoms with Gasteiger partial charge in [0.15, 0.2) is 6.10 Å². The summed E-state index contributed by atoms with van der Waals surface area (Å²) in [6.07, 6.45) is 1.61. The molecule has 2 aliphatic rings. The van der Waals surface area contributed by atoms with E-state index in [9.17, 15) is 4.79 Å². The summed E-state index contributed by atoms with van der Waals surface area (Å²) < 4.78 is 10.9. The summed E-state index contributed by atoms with van der Waals surface area (Å²) >= 11 is 0. The van der Waals surface area contributed by atoms with Gasteiger partial charge in [0.1, 0.15) is 0 Å². The van der Waals surface area contributed by atoms with Gasteiger partial charge in [-0.1, -0.05) is 12.1 Å². The maximum Gasteiger partial charge on any atom is 0.254 e. The zero-order valence-electron chi connectivity index (χ0n) is 13.3. The Hall–Kier alpha value is -1.59. The number of amides is 1. The van der Waals surface area contributed by atoms with Gasteiger partial charge in [-0.2, -0.15) is 0 Å². The van der Waals surface area contributed by atoms with E-state index < -0.39 is 6.10 Å². The lowest BCUT2D eigenvalue weighted by atomic mass is 10.0. The Balaban J connectivity index is 1.77. The third-order valence-corrected chi connectivity index (χ3v) is 4.40. The zero-order valence-corrected chi connectivity index (χ0v) is 13.3. The van der Waals surface area contributed by atoms with E-state index in [0.717, 1.165) is 25.1 Å². The molecule has 22 heavy (non-hydrogen) atoms. The Morgan fingerprint density at radius 2 is 2.18 bits per heavy atom. The van der Waals surface area contributed by atoms with Gasteiger partial charge in [0.25, 0.3) is 5.91 Å². The minimum atomic E-state index is -0.439. The van der Waals surface area contributed by atoms with E-state index >= 15 is 0 Å². The molecule has 0 aromatic heterocycles. The number of anilines is 1. The number of hydrogen-bond acceptors (Lipinski definition) is 4. The second-order valence-electron chi connectivity index (χ2n) is 6.11. The average molecular weight is 304 g/mol. The first-order chi connectivity index (χ1) is 10.7. The van der Waals surface area contributed by atoms with Gasteiger partial charge in [0.2, 0.25) is 0 Å². The summed E-state index contributed by atoms with van der Waals surface area (Å²) in [6.45, 7) is 2.26. The summed E-state index contributed by atoms with van der Waals surface area (Å²) in [4.78, 5) is 16.8. The Bertz CT molecular complexity index is 526. The van der Waals surface area contributed by atoms with E-state index in [4.69, 9.17) is 9.47 Å². The highest BCUT2D eigenvalue weighted by atomic mass is 16.6. The molecule has 3 rings (SSSR count). The molecule has 5 nitrogen and oxygen atoms in total. The molecule has 0 radical (unpaired) electrons. The van der Waals surface area contributed by atoms with Gasteiger partial charge in [0.05, 0.1) is 25.9 Å². The van der Waals surface area contributed by atoms with Crippen molar-refractivity contribution in [1.82, 2.24) is 4.90 Å². The van der Waals surface area contributed by atoms with Gasteiger partial charge in [-0.15, -0.1) is 0 Å². The van der Waals surface area contributed by atoms with Crippen LogP contribution in [0.2, 0.25) is 0 Å². The second-order valence-corrected chi connectivity index (χ2v) is 6.11.